The fourth-order valence-corrected chi connectivity index (χ4v) is 1.85. The second-order valence-electron chi connectivity index (χ2n) is 5.80. The molecule has 0 fully saturated rings. The minimum Gasteiger partial charge on any atom is -0.497 e. The van der Waals surface area contributed by atoms with Crippen LogP contribution < -0.4 is 9.47 Å². The number of methoxy groups -OCH3 is 2. The predicted molar refractivity (Wildman–Crippen MR) is 83.0 cm³/mol. The highest BCUT2D eigenvalue weighted by Crippen LogP contribution is 2.34. The van der Waals surface area contributed by atoms with Crippen LogP contribution in [0.1, 0.15) is 33.3 Å². The third-order valence-electron chi connectivity index (χ3n) is 3.13. The molecular weight excluding hydrogens is 268 g/mol. The van der Waals surface area contributed by atoms with E-state index in [0.717, 1.165) is 17.1 Å². The van der Waals surface area contributed by atoms with Crippen molar-refractivity contribution in [3.05, 3.63) is 35.4 Å². The Morgan fingerprint density at radius 1 is 1.24 bits per heavy atom. The number of esters is 1. The summed E-state index contributed by atoms with van der Waals surface area (Å²) in [4.78, 5) is 11.3. The molecule has 0 aliphatic rings. The van der Waals surface area contributed by atoms with E-state index in [4.69, 9.17) is 9.47 Å². The fraction of sp³-hybridized carbons (Fsp3) is 0.471. The van der Waals surface area contributed by atoms with Crippen LogP contribution in [0.5, 0.6) is 11.5 Å². The maximum Gasteiger partial charge on any atom is 0.333 e. The molecule has 0 spiro atoms. The molecule has 116 valence electrons. The van der Waals surface area contributed by atoms with Gasteiger partial charge in [-0.05, 0) is 36.6 Å². The molecule has 0 saturated carbocycles. The second kappa shape index (κ2) is 7.16. The topological polar surface area (TPSA) is 44.8 Å². The molecule has 0 bridgehead atoms. The van der Waals surface area contributed by atoms with Crippen LogP contribution in [0.15, 0.2) is 29.8 Å². The third kappa shape index (κ3) is 4.81. The summed E-state index contributed by atoms with van der Waals surface area (Å²) in [5.74, 6) is 1.25. The van der Waals surface area contributed by atoms with E-state index in [2.05, 4.69) is 25.5 Å². The Kier molecular flexibility index (Phi) is 5.82. The van der Waals surface area contributed by atoms with E-state index in [1.54, 1.807) is 20.1 Å². The van der Waals surface area contributed by atoms with Gasteiger partial charge in [0.1, 0.15) is 18.1 Å². The van der Waals surface area contributed by atoms with Gasteiger partial charge in [0.2, 0.25) is 0 Å². The van der Waals surface area contributed by atoms with E-state index in [1.165, 1.54) is 7.11 Å². The molecule has 0 aromatic heterocycles. The molecule has 0 saturated heterocycles. The lowest BCUT2D eigenvalue weighted by atomic mass is 9.86. The summed E-state index contributed by atoms with van der Waals surface area (Å²) < 4.78 is 15.7. The smallest absolute Gasteiger partial charge is 0.333 e. The van der Waals surface area contributed by atoms with Gasteiger partial charge in [-0.2, -0.15) is 0 Å². The first kappa shape index (κ1) is 17.1. The summed E-state index contributed by atoms with van der Waals surface area (Å²) in [5, 5.41) is 0. The largest absolute Gasteiger partial charge is 0.497 e. The van der Waals surface area contributed by atoms with Crippen molar-refractivity contribution < 1.29 is 19.0 Å². The molecule has 1 aromatic rings. The zero-order valence-electron chi connectivity index (χ0n) is 13.6. The summed E-state index contributed by atoms with van der Waals surface area (Å²) in [7, 11) is 3.01. The Bertz CT molecular complexity index is 524. The molecule has 0 heterocycles. The van der Waals surface area contributed by atoms with Gasteiger partial charge < -0.3 is 14.2 Å². The SMILES string of the molecule is COC(=O)C(C)=CCOc1ccc(OC)cc1C(C)(C)C. The minimum absolute atomic E-state index is 0.0645. The molecule has 0 N–H and O–H groups in total. The minimum atomic E-state index is -0.343. The molecule has 4 heteroatoms. The highest BCUT2D eigenvalue weighted by Gasteiger charge is 2.19. The van der Waals surface area contributed by atoms with Crippen LogP contribution in [-0.2, 0) is 14.9 Å². The molecule has 0 atom stereocenters. The molecule has 0 aliphatic carbocycles. The van der Waals surface area contributed by atoms with Gasteiger partial charge in [-0.25, -0.2) is 4.79 Å². The number of carbonyl (C=O) groups excluding carboxylic acids is 1. The maximum atomic E-state index is 11.3. The monoisotopic (exact) mass is 292 g/mol. The predicted octanol–water partition coefficient (Wildman–Crippen LogP) is 3.49. The van der Waals surface area contributed by atoms with Gasteiger partial charge in [-0.1, -0.05) is 20.8 Å². The van der Waals surface area contributed by atoms with Crippen molar-refractivity contribution in [3.63, 3.8) is 0 Å². The van der Waals surface area contributed by atoms with E-state index in [9.17, 15) is 4.79 Å². The summed E-state index contributed by atoms with van der Waals surface area (Å²) >= 11 is 0. The first-order valence-electron chi connectivity index (χ1n) is 6.86. The third-order valence-corrected chi connectivity index (χ3v) is 3.13. The van der Waals surface area contributed by atoms with Crippen molar-refractivity contribution >= 4 is 5.97 Å². The first-order chi connectivity index (χ1) is 9.79. The average Bonchev–Trinajstić information content (AvgIpc) is 2.45. The van der Waals surface area contributed by atoms with E-state index in [-0.39, 0.29) is 11.4 Å². The zero-order chi connectivity index (χ0) is 16.0. The molecule has 4 nitrogen and oxygen atoms in total. The number of hydrogen-bond acceptors (Lipinski definition) is 4. The summed E-state index contributed by atoms with van der Waals surface area (Å²) in [5.41, 5.74) is 1.53. The standard InChI is InChI=1S/C17H24O4/c1-12(16(18)20-6)9-10-21-15-8-7-13(19-5)11-14(15)17(2,3)4/h7-9,11H,10H2,1-6H3. The summed E-state index contributed by atoms with van der Waals surface area (Å²) in [6.45, 7) is 8.36. The van der Waals surface area contributed by atoms with E-state index < -0.39 is 0 Å². The van der Waals surface area contributed by atoms with Crippen LogP contribution in [0, 0.1) is 0 Å². The molecule has 0 aliphatic heterocycles. The number of hydrogen-bond donors (Lipinski definition) is 0. The van der Waals surface area contributed by atoms with Gasteiger partial charge in [0.25, 0.3) is 0 Å². The molecule has 0 radical (unpaired) electrons. The average molecular weight is 292 g/mol. The van der Waals surface area contributed by atoms with Crippen LogP contribution in [-0.4, -0.2) is 26.8 Å². The first-order valence-corrected chi connectivity index (χ1v) is 6.86. The summed E-state index contributed by atoms with van der Waals surface area (Å²) in [6, 6.07) is 5.73. The Morgan fingerprint density at radius 3 is 2.43 bits per heavy atom. The van der Waals surface area contributed by atoms with Gasteiger partial charge in [-0.15, -0.1) is 0 Å². The van der Waals surface area contributed by atoms with Crippen molar-refractivity contribution in [2.75, 3.05) is 20.8 Å². The van der Waals surface area contributed by atoms with E-state index >= 15 is 0 Å². The quantitative estimate of drug-likeness (QED) is 0.615. The van der Waals surface area contributed by atoms with Crippen LogP contribution in [0.25, 0.3) is 0 Å². The molecule has 1 rings (SSSR count). The van der Waals surface area contributed by atoms with Gasteiger partial charge in [0, 0.05) is 11.1 Å². The van der Waals surface area contributed by atoms with Crippen LogP contribution >= 0.6 is 0 Å². The lowest BCUT2D eigenvalue weighted by molar-refractivity contribution is -0.136. The molecule has 1 aromatic carbocycles. The molecule has 0 unspecified atom stereocenters. The van der Waals surface area contributed by atoms with Crippen molar-refractivity contribution in [1.29, 1.82) is 0 Å². The molecule has 21 heavy (non-hydrogen) atoms. The number of benzene rings is 1. The van der Waals surface area contributed by atoms with Crippen LogP contribution in [0.2, 0.25) is 0 Å². The van der Waals surface area contributed by atoms with Crippen molar-refractivity contribution in [3.8, 4) is 11.5 Å². The molecule has 0 amide bonds. The lowest BCUT2D eigenvalue weighted by Gasteiger charge is -2.23. The van der Waals surface area contributed by atoms with E-state index in [1.807, 2.05) is 18.2 Å². The van der Waals surface area contributed by atoms with Crippen molar-refractivity contribution in [1.82, 2.24) is 0 Å². The number of carbonyl (C=O) groups is 1. The number of rotatable bonds is 5. The number of ether oxygens (including phenoxy) is 3. The molecular formula is C17H24O4. The highest BCUT2D eigenvalue weighted by atomic mass is 16.5. The second-order valence-corrected chi connectivity index (χ2v) is 5.80. The van der Waals surface area contributed by atoms with Crippen LogP contribution in [0.4, 0.5) is 0 Å². The van der Waals surface area contributed by atoms with Gasteiger partial charge in [0.15, 0.2) is 0 Å². The van der Waals surface area contributed by atoms with Gasteiger partial charge in [-0.3, -0.25) is 0 Å². The zero-order valence-corrected chi connectivity index (χ0v) is 13.6. The van der Waals surface area contributed by atoms with Gasteiger partial charge >= 0.3 is 5.97 Å². The summed E-state index contributed by atoms with van der Waals surface area (Å²) in [6.07, 6.45) is 1.71. The Balaban J connectivity index is 2.91. The van der Waals surface area contributed by atoms with Crippen molar-refractivity contribution in [2.24, 2.45) is 0 Å². The normalized spacial score (nSPS) is 12.0. The lowest BCUT2D eigenvalue weighted by Crippen LogP contribution is -2.14. The van der Waals surface area contributed by atoms with Crippen molar-refractivity contribution in [2.45, 2.75) is 33.1 Å². The Labute approximate surface area is 126 Å². The Morgan fingerprint density at radius 2 is 1.90 bits per heavy atom. The maximum absolute atomic E-state index is 11.3. The van der Waals surface area contributed by atoms with Gasteiger partial charge in [0.05, 0.1) is 14.2 Å². The van der Waals surface area contributed by atoms with E-state index in [0.29, 0.717) is 12.2 Å². The Hall–Kier alpha value is -1.97. The highest BCUT2D eigenvalue weighted by molar-refractivity contribution is 5.87. The van der Waals surface area contributed by atoms with Crippen LogP contribution in [0.3, 0.4) is 0 Å². The fourth-order valence-electron chi connectivity index (χ4n) is 1.85.